The Morgan fingerprint density at radius 2 is 2.06 bits per heavy atom. The molecule has 0 saturated heterocycles. The Morgan fingerprint density at radius 1 is 1.39 bits per heavy atom. The SMILES string of the molecule is CCCOc1ccc(CC(F)(F)F)c([N+](=O)[O-])c1. The Morgan fingerprint density at radius 3 is 2.56 bits per heavy atom. The Hall–Kier alpha value is -1.79. The van der Waals surface area contributed by atoms with Crippen LogP contribution in [0.3, 0.4) is 0 Å². The maximum atomic E-state index is 12.2. The lowest BCUT2D eigenvalue weighted by Crippen LogP contribution is -2.13. The van der Waals surface area contributed by atoms with E-state index in [1.807, 2.05) is 6.92 Å². The number of hydrogen-bond donors (Lipinski definition) is 0. The van der Waals surface area contributed by atoms with Gasteiger partial charge in [-0.15, -0.1) is 0 Å². The molecule has 7 heteroatoms. The maximum Gasteiger partial charge on any atom is 0.393 e. The number of benzene rings is 1. The van der Waals surface area contributed by atoms with Gasteiger partial charge >= 0.3 is 6.18 Å². The monoisotopic (exact) mass is 263 g/mol. The molecule has 4 nitrogen and oxygen atoms in total. The fourth-order valence-electron chi connectivity index (χ4n) is 1.39. The molecule has 100 valence electrons. The van der Waals surface area contributed by atoms with Crippen LogP contribution in [-0.4, -0.2) is 17.7 Å². The molecule has 0 bridgehead atoms. The zero-order valence-corrected chi connectivity index (χ0v) is 9.66. The first kappa shape index (κ1) is 14.3. The van der Waals surface area contributed by atoms with Crippen molar-refractivity contribution in [2.45, 2.75) is 25.9 Å². The highest BCUT2D eigenvalue weighted by molar-refractivity contribution is 5.46. The van der Waals surface area contributed by atoms with Crippen LogP contribution in [0.2, 0.25) is 0 Å². The molecule has 0 amide bonds. The number of nitro groups is 1. The van der Waals surface area contributed by atoms with E-state index in [2.05, 4.69) is 0 Å². The highest BCUT2D eigenvalue weighted by Gasteiger charge is 2.31. The molecule has 1 aromatic carbocycles. The lowest BCUT2D eigenvalue weighted by Gasteiger charge is -2.09. The van der Waals surface area contributed by atoms with E-state index >= 15 is 0 Å². The van der Waals surface area contributed by atoms with Crippen LogP contribution in [0.5, 0.6) is 5.75 Å². The Bertz CT molecular complexity index is 432. The average molecular weight is 263 g/mol. The van der Waals surface area contributed by atoms with Gasteiger partial charge in [-0.3, -0.25) is 10.1 Å². The summed E-state index contributed by atoms with van der Waals surface area (Å²) in [6, 6.07) is 3.41. The van der Waals surface area contributed by atoms with Gasteiger partial charge in [0.2, 0.25) is 0 Å². The topological polar surface area (TPSA) is 52.4 Å². The zero-order valence-electron chi connectivity index (χ0n) is 9.66. The number of rotatable bonds is 5. The molecule has 0 aliphatic heterocycles. The van der Waals surface area contributed by atoms with Gasteiger partial charge in [-0.05, 0) is 18.6 Å². The number of hydrogen-bond acceptors (Lipinski definition) is 3. The van der Waals surface area contributed by atoms with Crippen LogP contribution >= 0.6 is 0 Å². The molecule has 18 heavy (non-hydrogen) atoms. The van der Waals surface area contributed by atoms with E-state index in [0.717, 1.165) is 12.1 Å². The number of halogens is 3. The normalized spacial score (nSPS) is 11.3. The average Bonchev–Trinajstić information content (AvgIpc) is 2.25. The predicted octanol–water partition coefficient (Wildman–Crippen LogP) is 3.49. The second-order valence-corrected chi connectivity index (χ2v) is 3.69. The molecule has 0 unspecified atom stereocenters. The predicted molar refractivity (Wildman–Crippen MR) is 58.6 cm³/mol. The number of nitrogens with zero attached hydrogens (tertiary/aromatic N) is 1. The number of alkyl halides is 3. The van der Waals surface area contributed by atoms with Gasteiger partial charge in [0, 0.05) is 5.56 Å². The molecule has 0 radical (unpaired) electrons. The third kappa shape index (κ3) is 4.23. The van der Waals surface area contributed by atoms with Crippen molar-refractivity contribution in [2.75, 3.05) is 6.61 Å². The Balaban J connectivity index is 3.01. The van der Waals surface area contributed by atoms with Crippen molar-refractivity contribution >= 4 is 5.69 Å². The standard InChI is InChI=1S/C11H12F3NO3/c1-2-5-18-9-4-3-8(7-11(12,13)14)10(6-9)15(16)17/h3-4,6H,2,5,7H2,1H3. The molecule has 0 heterocycles. The first-order valence-corrected chi connectivity index (χ1v) is 5.30. The highest BCUT2D eigenvalue weighted by Crippen LogP contribution is 2.30. The van der Waals surface area contributed by atoms with Crippen molar-refractivity contribution in [3.05, 3.63) is 33.9 Å². The summed E-state index contributed by atoms with van der Waals surface area (Å²) in [5.41, 5.74) is -0.933. The zero-order chi connectivity index (χ0) is 13.8. The molecule has 0 fully saturated rings. The van der Waals surface area contributed by atoms with E-state index in [1.165, 1.54) is 6.07 Å². The fraction of sp³-hybridized carbons (Fsp3) is 0.455. The molecule has 0 atom stereocenters. The molecule has 0 spiro atoms. The van der Waals surface area contributed by atoms with Crippen molar-refractivity contribution in [3.63, 3.8) is 0 Å². The molecule has 0 saturated carbocycles. The molecule has 1 rings (SSSR count). The minimum absolute atomic E-state index is 0.203. The minimum atomic E-state index is -4.48. The Kier molecular flexibility index (Phi) is 4.52. The van der Waals surface area contributed by atoms with Crippen molar-refractivity contribution in [1.82, 2.24) is 0 Å². The summed E-state index contributed by atoms with van der Waals surface area (Å²) >= 11 is 0. The van der Waals surface area contributed by atoms with Gasteiger partial charge in [0.1, 0.15) is 5.75 Å². The van der Waals surface area contributed by atoms with E-state index in [1.54, 1.807) is 0 Å². The minimum Gasteiger partial charge on any atom is -0.493 e. The summed E-state index contributed by atoms with van der Waals surface area (Å²) in [7, 11) is 0. The van der Waals surface area contributed by atoms with Crippen LogP contribution in [0.4, 0.5) is 18.9 Å². The van der Waals surface area contributed by atoms with Crippen LogP contribution in [0.1, 0.15) is 18.9 Å². The molecule has 0 aliphatic carbocycles. The van der Waals surface area contributed by atoms with Crippen LogP contribution in [0.15, 0.2) is 18.2 Å². The van der Waals surface area contributed by atoms with Gasteiger partial charge in [0.25, 0.3) is 5.69 Å². The first-order chi connectivity index (χ1) is 8.33. The third-order valence-corrected chi connectivity index (χ3v) is 2.12. The van der Waals surface area contributed by atoms with Crippen LogP contribution in [0.25, 0.3) is 0 Å². The van der Waals surface area contributed by atoms with E-state index < -0.39 is 23.2 Å². The van der Waals surface area contributed by atoms with Gasteiger partial charge in [-0.2, -0.15) is 13.2 Å². The van der Waals surface area contributed by atoms with E-state index in [9.17, 15) is 23.3 Å². The Labute approximate surface area is 102 Å². The van der Waals surface area contributed by atoms with Gasteiger partial charge in [-0.1, -0.05) is 6.92 Å². The largest absolute Gasteiger partial charge is 0.493 e. The van der Waals surface area contributed by atoms with E-state index in [0.29, 0.717) is 13.0 Å². The van der Waals surface area contributed by atoms with Crippen LogP contribution in [0, 0.1) is 10.1 Å². The van der Waals surface area contributed by atoms with E-state index in [-0.39, 0.29) is 11.3 Å². The van der Waals surface area contributed by atoms with Crippen molar-refractivity contribution in [3.8, 4) is 5.75 Å². The van der Waals surface area contributed by atoms with Gasteiger partial charge in [-0.25, -0.2) is 0 Å². The third-order valence-electron chi connectivity index (χ3n) is 2.12. The second-order valence-electron chi connectivity index (χ2n) is 3.69. The van der Waals surface area contributed by atoms with Crippen LogP contribution < -0.4 is 4.74 Å². The van der Waals surface area contributed by atoms with Gasteiger partial charge < -0.3 is 4.74 Å². The molecule has 0 N–H and O–H groups in total. The summed E-state index contributed by atoms with van der Waals surface area (Å²) in [6.07, 6.45) is -5.09. The summed E-state index contributed by atoms with van der Waals surface area (Å²) in [6.45, 7) is 2.21. The lowest BCUT2D eigenvalue weighted by atomic mass is 10.1. The molecule has 1 aromatic rings. The molecular formula is C11H12F3NO3. The number of ether oxygens (including phenoxy) is 1. The molecular weight excluding hydrogens is 251 g/mol. The van der Waals surface area contributed by atoms with Crippen LogP contribution in [-0.2, 0) is 6.42 Å². The summed E-state index contributed by atoms with van der Waals surface area (Å²) in [4.78, 5) is 9.88. The summed E-state index contributed by atoms with van der Waals surface area (Å²) < 4.78 is 41.8. The molecule has 0 aromatic heterocycles. The second kappa shape index (κ2) is 5.70. The van der Waals surface area contributed by atoms with Crippen molar-refractivity contribution in [2.24, 2.45) is 0 Å². The quantitative estimate of drug-likeness (QED) is 0.603. The number of nitro benzene ring substituents is 1. The fourth-order valence-corrected chi connectivity index (χ4v) is 1.39. The van der Waals surface area contributed by atoms with Crippen molar-refractivity contribution < 1.29 is 22.8 Å². The summed E-state index contributed by atoms with van der Waals surface area (Å²) in [5.74, 6) is 0.203. The lowest BCUT2D eigenvalue weighted by molar-refractivity contribution is -0.386. The maximum absolute atomic E-state index is 12.2. The molecule has 0 aliphatic rings. The smallest absolute Gasteiger partial charge is 0.393 e. The van der Waals surface area contributed by atoms with Crippen molar-refractivity contribution in [1.29, 1.82) is 0 Å². The van der Waals surface area contributed by atoms with Gasteiger partial charge in [0.15, 0.2) is 0 Å². The van der Waals surface area contributed by atoms with Gasteiger partial charge in [0.05, 0.1) is 24.0 Å². The van der Waals surface area contributed by atoms with E-state index in [4.69, 9.17) is 4.74 Å². The highest BCUT2D eigenvalue weighted by atomic mass is 19.4. The first-order valence-electron chi connectivity index (χ1n) is 5.30. The summed E-state index contributed by atoms with van der Waals surface area (Å²) in [5, 5.41) is 10.7.